The van der Waals surface area contributed by atoms with Crippen molar-refractivity contribution < 1.29 is 23.5 Å². The van der Waals surface area contributed by atoms with E-state index in [0.717, 1.165) is 31.6 Å². The average molecular weight is 527 g/mol. The van der Waals surface area contributed by atoms with Gasteiger partial charge in [-0.05, 0) is 37.7 Å². The number of piperidine rings is 1. The maximum Gasteiger partial charge on any atom is 0.406 e. The van der Waals surface area contributed by atoms with Gasteiger partial charge in [0.2, 0.25) is 0 Å². The normalized spacial score (nSPS) is 19.6. The van der Waals surface area contributed by atoms with Crippen molar-refractivity contribution in [2.75, 3.05) is 39.9 Å². The van der Waals surface area contributed by atoms with E-state index in [1.54, 1.807) is 17.0 Å². The number of carbonyl (C=O) groups is 2. The molecule has 36 heavy (non-hydrogen) atoms. The van der Waals surface area contributed by atoms with E-state index in [2.05, 4.69) is 10.1 Å². The van der Waals surface area contributed by atoms with Crippen LogP contribution in [0.4, 0.5) is 14.0 Å². The molecule has 2 aliphatic rings. The highest BCUT2D eigenvalue weighted by Gasteiger charge is 2.34. The summed E-state index contributed by atoms with van der Waals surface area (Å²) in [5, 5.41) is 3.90. The minimum atomic E-state index is -0.628. The highest BCUT2D eigenvalue weighted by molar-refractivity contribution is 6.30. The topological polar surface area (TPSA) is 97.1 Å². The molecule has 2 fully saturated rings. The lowest BCUT2D eigenvalue weighted by Crippen LogP contribution is -2.51. The molecular formula is C26H40ClFN4O4. The molecular weight excluding hydrogens is 487 g/mol. The summed E-state index contributed by atoms with van der Waals surface area (Å²) in [6.07, 6.45) is 8.84. The number of amides is 3. The summed E-state index contributed by atoms with van der Waals surface area (Å²) in [7, 11) is 1.28. The Morgan fingerprint density at radius 1 is 1.25 bits per heavy atom. The Balaban J connectivity index is 1.60. The number of alkyl carbamates (subject to hydrolysis) is 1. The highest BCUT2D eigenvalue weighted by Crippen LogP contribution is 2.36. The molecule has 3 amide bonds. The number of methoxy groups -OCH3 is 1. The quantitative estimate of drug-likeness (QED) is 0.187. The number of halogens is 2. The third-order valence-electron chi connectivity index (χ3n) is 7.28. The molecule has 10 heteroatoms. The van der Waals surface area contributed by atoms with E-state index in [0.29, 0.717) is 25.2 Å². The summed E-state index contributed by atoms with van der Waals surface area (Å²) in [5.74, 6) is 6.23. The van der Waals surface area contributed by atoms with Crippen LogP contribution in [-0.4, -0.2) is 61.9 Å². The zero-order valence-electron chi connectivity index (χ0n) is 21.2. The minimum Gasteiger partial charge on any atom is -0.453 e. The standard InChI is InChI=1S/C26H40ClFN4O4/c1-35-25(33)30-14-17-36-24(21-12-5-13-22(27)23(21)28)20-11-7-15-31(18-20)26(34)32(29)16-6-10-19-8-3-2-4-9-19/h5,12-13,19-20,24H,2-4,6-11,14-18,29H2,1H3,(H,30,33). The summed E-state index contributed by atoms with van der Waals surface area (Å²) >= 11 is 6.05. The van der Waals surface area contributed by atoms with Gasteiger partial charge in [-0.1, -0.05) is 55.8 Å². The highest BCUT2D eigenvalue weighted by atomic mass is 35.5. The molecule has 1 saturated carbocycles. The van der Waals surface area contributed by atoms with Crippen molar-refractivity contribution in [2.24, 2.45) is 17.7 Å². The molecule has 1 aliphatic carbocycles. The number of rotatable bonds is 10. The van der Waals surface area contributed by atoms with Crippen molar-refractivity contribution in [3.8, 4) is 0 Å². The molecule has 1 aliphatic heterocycles. The number of hydrogen-bond donors (Lipinski definition) is 2. The Morgan fingerprint density at radius 2 is 2.03 bits per heavy atom. The van der Waals surface area contributed by atoms with Crippen LogP contribution in [-0.2, 0) is 9.47 Å². The zero-order valence-corrected chi connectivity index (χ0v) is 22.0. The number of urea groups is 1. The van der Waals surface area contributed by atoms with Crippen LogP contribution in [0.2, 0.25) is 5.02 Å². The van der Waals surface area contributed by atoms with Gasteiger partial charge in [-0.25, -0.2) is 19.8 Å². The third-order valence-corrected chi connectivity index (χ3v) is 7.57. The first-order valence-corrected chi connectivity index (χ1v) is 13.5. The van der Waals surface area contributed by atoms with E-state index in [9.17, 15) is 14.0 Å². The predicted octanol–water partition coefficient (Wildman–Crippen LogP) is 5.26. The van der Waals surface area contributed by atoms with Gasteiger partial charge in [-0.3, -0.25) is 5.01 Å². The Labute approximate surface area is 218 Å². The van der Waals surface area contributed by atoms with E-state index in [1.165, 1.54) is 50.3 Å². The molecule has 202 valence electrons. The van der Waals surface area contributed by atoms with Crippen LogP contribution in [0.15, 0.2) is 18.2 Å². The summed E-state index contributed by atoms with van der Waals surface area (Å²) in [5.41, 5.74) is 0.344. The van der Waals surface area contributed by atoms with Crippen molar-refractivity contribution in [1.82, 2.24) is 15.2 Å². The molecule has 0 radical (unpaired) electrons. The van der Waals surface area contributed by atoms with Crippen molar-refractivity contribution in [3.63, 3.8) is 0 Å². The van der Waals surface area contributed by atoms with Gasteiger partial charge in [0.25, 0.3) is 0 Å². The van der Waals surface area contributed by atoms with Gasteiger partial charge in [0, 0.05) is 37.7 Å². The number of nitrogens with one attached hydrogen (secondary N) is 1. The fourth-order valence-electron chi connectivity index (χ4n) is 5.37. The van der Waals surface area contributed by atoms with Crippen molar-refractivity contribution >= 4 is 23.7 Å². The number of ether oxygens (including phenoxy) is 2. The molecule has 0 aromatic heterocycles. The zero-order chi connectivity index (χ0) is 25.9. The van der Waals surface area contributed by atoms with Gasteiger partial charge in [0.05, 0.1) is 24.8 Å². The predicted molar refractivity (Wildman–Crippen MR) is 137 cm³/mol. The first-order chi connectivity index (χ1) is 17.4. The fourth-order valence-corrected chi connectivity index (χ4v) is 5.55. The first kappa shape index (κ1) is 28.5. The van der Waals surface area contributed by atoms with Crippen LogP contribution in [0.3, 0.4) is 0 Å². The average Bonchev–Trinajstić information content (AvgIpc) is 2.90. The maximum absolute atomic E-state index is 15.0. The van der Waals surface area contributed by atoms with Crippen LogP contribution in [0.5, 0.6) is 0 Å². The fraction of sp³-hybridized carbons (Fsp3) is 0.692. The largest absolute Gasteiger partial charge is 0.453 e. The van der Waals surface area contributed by atoms with Gasteiger partial charge in [-0.15, -0.1) is 0 Å². The van der Waals surface area contributed by atoms with Crippen molar-refractivity contribution in [3.05, 3.63) is 34.6 Å². The maximum atomic E-state index is 15.0. The van der Waals surface area contributed by atoms with Crippen LogP contribution in [0.1, 0.15) is 69.5 Å². The number of carbonyl (C=O) groups excluding carboxylic acids is 2. The van der Waals surface area contributed by atoms with Gasteiger partial charge < -0.3 is 19.7 Å². The third kappa shape index (κ3) is 8.21. The monoisotopic (exact) mass is 526 g/mol. The molecule has 3 N–H and O–H groups in total. The second-order valence-corrected chi connectivity index (χ2v) is 10.2. The Kier molecular flexibility index (Phi) is 11.5. The number of hydrogen-bond acceptors (Lipinski definition) is 5. The van der Waals surface area contributed by atoms with E-state index in [4.69, 9.17) is 22.2 Å². The summed E-state index contributed by atoms with van der Waals surface area (Å²) in [4.78, 5) is 26.2. The van der Waals surface area contributed by atoms with Gasteiger partial charge in [-0.2, -0.15) is 0 Å². The van der Waals surface area contributed by atoms with E-state index in [1.807, 2.05) is 0 Å². The molecule has 1 saturated heterocycles. The molecule has 0 spiro atoms. The second kappa shape index (κ2) is 14.6. The van der Waals surface area contributed by atoms with Crippen LogP contribution < -0.4 is 11.2 Å². The van der Waals surface area contributed by atoms with Crippen LogP contribution >= 0.6 is 11.6 Å². The number of hydrazine groups is 1. The smallest absolute Gasteiger partial charge is 0.406 e. The Morgan fingerprint density at radius 3 is 2.78 bits per heavy atom. The molecule has 2 atom stereocenters. The van der Waals surface area contributed by atoms with Gasteiger partial charge >= 0.3 is 12.1 Å². The van der Waals surface area contributed by atoms with Gasteiger partial charge in [0.1, 0.15) is 5.82 Å². The minimum absolute atomic E-state index is 0.0172. The number of nitrogens with zero attached hydrogens (tertiary/aromatic N) is 2. The summed E-state index contributed by atoms with van der Waals surface area (Å²) in [6, 6.07) is 4.62. The van der Waals surface area contributed by atoms with Crippen molar-refractivity contribution in [2.45, 2.75) is 63.9 Å². The van der Waals surface area contributed by atoms with Crippen molar-refractivity contribution in [1.29, 1.82) is 0 Å². The van der Waals surface area contributed by atoms with Gasteiger partial charge in [0.15, 0.2) is 0 Å². The number of nitrogens with two attached hydrogens (primary N) is 1. The van der Waals surface area contributed by atoms with Crippen LogP contribution in [0.25, 0.3) is 0 Å². The lowest BCUT2D eigenvalue weighted by molar-refractivity contribution is -0.0125. The number of benzene rings is 1. The number of likely N-dealkylation sites (tertiary alicyclic amines) is 1. The first-order valence-electron chi connectivity index (χ1n) is 13.1. The summed E-state index contributed by atoms with van der Waals surface area (Å²) in [6.45, 7) is 1.88. The second-order valence-electron chi connectivity index (χ2n) is 9.82. The molecule has 1 aromatic carbocycles. The lowest BCUT2D eigenvalue weighted by Gasteiger charge is -2.38. The lowest BCUT2D eigenvalue weighted by atomic mass is 9.86. The summed E-state index contributed by atoms with van der Waals surface area (Å²) < 4.78 is 25.6. The van der Waals surface area contributed by atoms with E-state index >= 15 is 0 Å². The van der Waals surface area contributed by atoms with E-state index < -0.39 is 18.0 Å². The van der Waals surface area contributed by atoms with E-state index in [-0.39, 0.29) is 30.1 Å². The molecule has 8 nitrogen and oxygen atoms in total. The molecule has 3 rings (SSSR count). The Bertz CT molecular complexity index is 855. The molecule has 2 unspecified atom stereocenters. The van der Waals surface area contributed by atoms with Crippen LogP contribution in [0, 0.1) is 17.7 Å². The molecule has 1 aromatic rings. The SMILES string of the molecule is COC(=O)NCCOC(c1cccc(Cl)c1F)C1CCCN(C(=O)N(N)CCCC2CCCCC2)C1. The molecule has 0 bridgehead atoms. The molecule has 1 heterocycles. The Hall–Kier alpha value is -2.10.